The molecule has 7 nitrogen and oxygen atoms in total. The number of carbonyl (C=O) groups is 2. The highest BCUT2D eigenvalue weighted by atomic mass is 16.5. The fourth-order valence-corrected chi connectivity index (χ4v) is 3.42. The van der Waals surface area contributed by atoms with Crippen molar-refractivity contribution in [2.75, 3.05) is 57.0 Å². The van der Waals surface area contributed by atoms with Crippen LogP contribution < -0.4 is 25.2 Å². The SMILES string of the molecule is CCOc1ccc(NC(=O)c2ccccc2NC(=O)C[NH+]2CC[NH+](C)CC2)cc1. The second kappa shape index (κ2) is 10.0. The van der Waals surface area contributed by atoms with E-state index in [2.05, 4.69) is 17.7 Å². The molecule has 154 valence electrons. The smallest absolute Gasteiger partial charge is 0.279 e. The number of rotatable bonds is 7. The summed E-state index contributed by atoms with van der Waals surface area (Å²) < 4.78 is 5.42. The maximum atomic E-state index is 12.8. The first-order chi connectivity index (χ1) is 14.0. The first-order valence-corrected chi connectivity index (χ1v) is 10.1. The number of hydrogen-bond acceptors (Lipinski definition) is 3. The van der Waals surface area contributed by atoms with Crippen LogP contribution in [-0.2, 0) is 4.79 Å². The fraction of sp³-hybridized carbons (Fsp3) is 0.364. The molecular formula is C22H30N4O3+2. The number of quaternary nitrogens is 2. The third-order valence-corrected chi connectivity index (χ3v) is 5.09. The van der Waals surface area contributed by atoms with E-state index in [1.54, 1.807) is 30.3 Å². The molecule has 29 heavy (non-hydrogen) atoms. The topological polar surface area (TPSA) is 76.3 Å². The number of likely N-dealkylation sites (N-methyl/N-ethyl adjacent to an activating group) is 1. The van der Waals surface area contributed by atoms with Gasteiger partial charge < -0.3 is 25.2 Å². The molecule has 1 saturated heterocycles. The lowest BCUT2D eigenvalue weighted by atomic mass is 10.1. The van der Waals surface area contributed by atoms with E-state index in [1.807, 2.05) is 25.1 Å². The Labute approximate surface area is 171 Å². The Balaban J connectivity index is 1.61. The number of amides is 2. The minimum atomic E-state index is -0.263. The second-order valence-electron chi connectivity index (χ2n) is 7.39. The van der Waals surface area contributed by atoms with E-state index < -0.39 is 0 Å². The van der Waals surface area contributed by atoms with Gasteiger partial charge in [-0.15, -0.1) is 0 Å². The van der Waals surface area contributed by atoms with Crippen molar-refractivity contribution < 1.29 is 24.1 Å². The van der Waals surface area contributed by atoms with Crippen molar-refractivity contribution in [3.8, 4) is 5.75 Å². The Morgan fingerprint density at radius 3 is 2.34 bits per heavy atom. The van der Waals surface area contributed by atoms with E-state index in [4.69, 9.17) is 4.74 Å². The van der Waals surface area contributed by atoms with Gasteiger partial charge in [0.2, 0.25) is 0 Å². The van der Waals surface area contributed by atoms with Gasteiger partial charge in [0.05, 0.1) is 24.9 Å². The van der Waals surface area contributed by atoms with Gasteiger partial charge in [0.15, 0.2) is 6.54 Å². The van der Waals surface area contributed by atoms with Crippen LogP contribution in [0.5, 0.6) is 5.75 Å². The summed E-state index contributed by atoms with van der Waals surface area (Å²) in [7, 11) is 2.18. The van der Waals surface area contributed by atoms with E-state index in [0.717, 1.165) is 31.9 Å². The summed E-state index contributed by atoms with van der Waals surface area (Å²) in [5.41, 5.74) is 1.64. The van der Waals surface area contributed by atoms with Crippen molar-refractivity contribution in [3.63, 3.8) is 0 Å². The molecule has 4 N–H and O–H groups in total. The molecule has 7 heteroatoms. The maximum Gasteiger partial charge on any atom is 0.279 e. The van der Waals surface area contributed by atoms with Crippen LogP contribution in [0.25, 0.3) is 0 Å². The van der Waals surface area contributed by atoms with Crippen LogP contribution in [0, 0.1) is 0 Å². The van der Waals surface area contributed by atoms with Gasteiger partial charge in [0.1, 0.15) is 31.9 Å². The number of benzene rings is 2. The lowest BCUT2D eigenvalue weighted by molar-refractivity contribution is -0.999. The van der Waals surface area contributed by atoms with E-state index in [1.165, 1.54) is 9.80 Å². The summed E-state index contributed by atoms with van der Waals surface area (Å²) in [5.74, 6) is 0.424. The van der Waals surface area contributed by atoms with Crippen molar-refractivity contribution >= 4 is 23.2 Å². The number of piperazine rings is 1. The van der Waals surface area contributed by atoms with Gasteiger partial charge in [-0.05, 0) is 43.3 Å². The first-order valence-electron chi connectivity index (χ1n) is 10.1. The van der Waals surface area contributed by atoms with Crippen LogP contribution in [-0.4, -0.2) is 58.2 Å². The standard InChI is InChI=1S/C22H28N4O3/c1-3-29-18-10-8-17(9-11-18)23-22(28)19-6-4-5-7-20(19)24-21(27)16-26-14-12-25(2)13-15-26/h4-11H,3,12-16H2,1-2H3,(H,23,28)(H,24,27)/p+2. The highest BCUT2D eigenvalue weighted by Gasteiger charge is 2.23. The molecule has 1 aliphatic rings. The van der Waals surface area contributed by atoms with E-state index in [9.17, 15) is 9.59 Å². The molecule has 0 aliphatic carbocycles. The summed E-state index contributed by atoms with van der Waals surface area (Å²) in [5, 5.41) is 5.79. The minimum Gasteiger partial charge on any atom is -0.494 e. The van der Waals surface area contributed by atoms with Gasteiger partial charge in [-0.25, -0.2) is 0 Å². The molecule has 0 aromatic heterocycles. The van der Waals surface area contributed by atoms with Crippen molar-refractivity contribution in [2.24, 2.45) is 0 Å². The van der Waals surface area contributed by atoms with Crippen molar-refractivity contribution in [1.29, 1.82) is 0 Å². The molecule has 0 radical (unpaired) electrons. The summed E-state index contributed by atoms with van der Waals surface area (Å²) in [6.07, 6.45) is 0. The van der Waals surface area contributed by atoms with Crippen LogP contribution in [0.3, 0.4) is 0 Å². The zero-order valence-corrected chi connectivity index (χ0v) is 17.1. The highest BCUT2D eigenvalue weighted by molar-refractivity contribution is 6.10. The van der Waals surface area contributed by atoms with E-state index >= 15 is 0 Å². The average Bonchev–Trinajstić information content (AvgIpc) is 2.72. The molecule has 1 aliphatic heterocycles. The number of carbonyl (C=O) groups excluding carboxylic acids is 2. The molecule has 1 heterocycles. The molecule has 3 rings (SSSR count). The third-order valence-electron chi connectivity index (χ3n) is 5.09. The number of nitrogens with one attached hydrogen (secondary N) is 4. The predicted molar refractivity (Wildman–Crippen MR) is 113 cm³/mol. The second-order valence-corrected chi connectivity index (χ2v) is 7.39. The Kier molecular flexibility index (Phi) is 7.21. The third kappa shape index (κ3) is 6.04. The molecule has 2 amide bonds. The lowest BCUT2D eigenvalue weighted by Gasteiger charge is -2.26. The molecule has 2 aromatic rings. The summed E-state index contributed by atoms with van der Waals surface area (Å²) in [6.45, 7) is 7.05. The zero-order chi connectivity index (χ0) is 20.6. The molecule has 1 fully saturated rings. The Hall–Kier alpha value is -2.90. The molecule has 0 saturated carbocycles. The summed E-state index contributed by atoms with van der Waals surface area (Å²) in [6, 6.07) is 14.3. The molecule has 0 unspecified atom stereocenters. The molecule has 2 aromatic carbocycles. The summed E-state index contributed by atoms with van der Waals surface area (Å²) in [4.78, 5) is 28.0. The van der Waals surface area contributed by atoms with Gasteiger partial charge in [-0.3, -0.25) is 9.59 Å². The molecule has 0 bridgehead atoms. The van der Waals surface area contributed by atoms with Crippen LogP contribution in [0.15, 0.2) is 48.5 Å². The normalized spacial score (nSPS) is 18.7. The highest BCUT2D eigenvalue weighted by Crippen LogP contribution is 2.19. The molecule has 0 atom stereocenters. The predicted octanol–water partition coefficient (Wildman–Crippen LogP) is -0.311. The van der Waals surface area contributed by atoms with Gasteiger partial charge in [-0.2, -0.15) is 0 Å². The first kappa shape index (κ1) is 20.8. The van der Waals surface area contributed by atoms with E-state index in [0.29, 0.717) is 30.1 Å². The Bertz CT molecular complexity index is 830. The molecule has 0 spiro atoms. The maximum absolute atomic E-state index is 12.8. The number of ether oxygens (including phenoxy) is 1. The number of hydrogen-bond donors (Lipinski definition) is 4. The number of anilines is 2. The van der Waals surface area contributed by atoms with Crippen LogP contribution >= 0.6 is 0 Å². The number of para-hydroxylation sites is 1. The van der Waals surface area contributed by atoms with Crippen molar-refractivity contribution in [1.82, 2.24) is 0 Å². The minimum absolute atomic E-state index is 0.0686. The van der Waals surface area contributed by atoms with Gasteiger partial charge >= 0.3 is 0 Å². The monoisotopic (exact) mass is 398 g/mol. The lowest BCUT2D eigenvalue weighted by Crippen LogP contribution is -3.27. The molecular weight excluding hydrogens is 368 g/mol. The van der Waals surface area contributed by atoms with Gasteiger partial charge in [0, 0.05) is 5.69 Å². The average molecular weight is 399 g/mol. The Morgan fingerprint density at radius 2 is 1.66 bits per heavy atom. The largest absolute Gasteiger partial charge is 0.494 e. The van der Waals surface area contributed by atoms with Gasteiger partial charge in [-0.1, -0.05) is 12.1 Å². The van der Waals surface area contributed by atoms with Crippen molar-refractivity contribution in [2.45, 2.75) is 6.92 Å². The zero-order valence-electron chi connectivity index (χ0n) is 17.1. The van der Waals surface area contributed by atoms with Crippen LogP contribution in [0.4, 0.5) is 11.4 Å². The summed E-state index contributed by atoms with van der Waals surface area (Å²) >= 11 is 0. The van der Waals surface area contributed by atoms with Crippen LogP contribution in [0.1, 0.15) is 17.3 Å². The van der Waals surface area contributed by atoms with Crippen molar-refractivity contribution in [3.05, 3.63) is 54.1 Å². The quantitative estimate of drug-likeness (QED) is 0.517. The van der Waals surface area contributed by atoms with Crippen LogP contribution in [0.2, 0.25) is 0 Å². The van der Waals surface area contributed by atoms with Gasteiger partial charge in [0.25, 0.3) is 11.8 Å². The van der Waals surface area contributed by atoms with E-state index in [-0.39, 0.29) is 11.8 Å². The fourth-order valence-electron chi connectivity index (χ4n) is 3.42. The Morgan fingerprint density at radius 1 is 0.966 bits per heavy atom.